The highest BCUT2D eigenvalue weighted by Gasteiger charge is 2.17. The number of esters is 2. The number of aromatic hydroxyl groups is 1. The fourth-order valence-electron chi connectivity index (χ4n) is 2.34. The summed E-state index contributed by atoms with van der Waals surface area (Å²) in [5, 5.41) is 12.5. The van der Waals surface area contributed by atoms with Crippen molar-refractivity contribution in [1.82, 2.24) is 0 Å². The third-order valence-electron chi connectivity index (χ3n) is 3.91. The van der Waals surface area contributed by atoms with Crippen LogP contribution in [0.4, 0.5) is 5.69 Å². The molecule has 0 bridgehead atoms. The molecular weight excluding hydrogens is 378 g/mol. The normalized spacial score (nSPS) is 10.1. The predicted molar refractivity (Wildman–Crippen MR) is 105 cm³/mol. The van der Waals surface area contributed by atoms with Crippen molar-refractivity contribution in [3.63, 3.8) is 0 Å². The Kier molecular flexibility index (Phi) is 8.02. The SMILES string of the molecule is CCCCOC(=O)c1ccc(NC(=O)COC(=O)c2cccc(OC)c2O)cc1. The zero-order chi connectivity index (χ0) is 21.2. The Balaban J connectivity index is 1.86. The van der Waals surface area contributed by atoms with Gasteiger partial charge in [0.15, 0.2) is 18.1 Å². The van der Waals surface area contributed by atoms with Crippen LogP contribution in [0.15, 0.2) is 42.5 Å². The number of para-hydroxylation sites is 1. The number of unbranched alkanes of at least 4 members (excludes halogenated alkanes) is 1. The molecule has 0 aliphatic heterocycles. The number of ether oxygens (including phenoxy) is 3. The van der Waals surface area contributed by atoms with E-state index in [4.69, 9.17) is 14.2 Å². The van der Waals surface area contributed by atoms with E-state index in [1.54, 1.807) is 12.1 Å². The molecular formula is C21H23NO7. The molecule has 2 rings (SSSR count). The molecule has 0 aromatic heterocycles. The van der Waals surface area contributed by atoms with Crippen LogP contribution in [0.5, 0.6) is 11.5 Å². The number of phenols is 1. The van der Waals surface area contributed by atoms with Crippen molar-refractivity contribution in [3.8, 4) is 11.5 Å². The predicted octanol–water partition coefficient (Wildman–Crippen LogP) is 3.15. The van der Waals surface area contributed by atoms with Crippen LogP contribution >= 0.6 is 0 Å². The first kappa shape index (κ1) is 21.7. The number of carbonyl (C=O) groups is 3. The van der Waals surface area contributed by atoms with E-state index >= 15 is 0 Å². The van der Waals surface area contributed by atoms with Crippen LogP contribution in [0.3, 0.4) is 0 Å². The van der Waals surface area contributed by atoms with Gasteiger partial charge in [0.05, 0.1) is 19.3 Å². The van der Waals surface area contributed by atoms with Crippen molar-refractivity contribution < 1.29 is 33.7 Å². The van der Waals surface area contributed by atoms with E-state index in [0.29, 0.717) is 17.9 Å². The van der Waals surface area contributed by atoms with E-state index in [9.17, 15) is 19.5 Å². The average molecular weight is 401 g/mol. The van der Waals surface area contributed by atoms with E-state index in [0.717, 1.165) is 12.8 Å². The molecule has 29 heavy (non-hydrogen) atoms. The van der Waals surface area contributed by atoms with Crippen molar-refractivity contribution in [2.75, 3.05) is 25.6 Å². The fraction of sp³-hybridized carbons (Fsp3) is 0.286. The summed E-state index contributed by atoms with van der Waals surface area (Å²) in [4.78, 5) is 35.9. The van der Waals surface area contributed by atoms with E-state index in [2.05, 4.69) is 5.32 Å². The molecule has 0 aliphatic carbocycles. The van der Waals surface area contributed by atoms with Gasteiger partial charge in [-0.05, 0) is 42.8 Å². The summed E-state index contributed by atoms with van der Waals surface area (Å²) in [5.41, 5.74) is 0.697. The van der Waals surface area contributed by atoms with Gasteiger partial charge in [0.2, 0.25) is 0 Å². The zero-order valence-electron chi connectivity index (χ0n) is 16.3. The second-order valence-electron chi connectivity index (χ2n) is 6.05. The topological polar surface area (TPSA) is 111 Å². The molecule has 0 heterocycles. The minimum atomic E-state index is -0.860. The van der Waals surface area contributed by atoms with Gasteiger partial charge in [0.25, 0.3) is 5.91 Å². The van der Waals surface area contributed by atoms with Crippen molar-refractivity contribution in [2.45, 2.75) is 19.8 Å². The van der Waals surface area contributed by atoms with E-state index in [1.807, 2.05) is 6.92 Å². The van der Waals surface area contributed by atoms with Crippen molar-refractivity contribution in [1.29, 1.82) is 0 Å². The lowest BCUT2D eigenvalue weighted by atomic mass is 10.2. The van der Waals surface area contributed by atoms with Crippen LogP contribution in [0.2, 0.25) is 0 Å². The van der Waals surface area contributed by atoms with Crippen LogP contribution in [0.1, 0.15) is 40.5 Å². The van der Waals surface area contributed by atoms with Crippen molar-refractivity contribution in [2.24, 2.45) is 0 Å². The minimum Gasteiger partial charge on any atom is -0.504 e. The number of phenolic OH excluding ortho intramolecular Hbond substituents is 1. The Labute approximate surface area is 168 Å². The number of anilines is 1. The van der Waals surface area contributed by atoms with Gasteiger partial charge in [-0.1, -0.05) is 19.4 Å². The van der Waals surface area contributed by atoms with Crippen LogP contribution in [-0.4, -0.2) is 43.3 Å². The number of benzene rings is 2. The number of nitrogens with one attached hydrogen (secondary N) is 1. The quantitative estimate of drug-likeness (QED) is 0.490. The van der Waals surface area contributed by atoms with Gasteiger partial charge in [-0.15, -0.1) is 0 Å². The van der Waals surface area contributed by atoms with Crippen LogP contribution in [-0.2, 0) is 14.3 Å². The Morgan fingerprint density at radius 1 is 1.00 bits per heavy atom. The maximum Gasteiger partial charge on any atom is 0.342 e. The lowest BCUT2D eigenvalue weighted by Gasteiger charge is -2.10. The molecule has 0 radical (unpaired) electrons. The summed E-state index contributed by atoms with van der Waals surface area (Å²) in [6.45, 7) is 1.82. The summed E-state index contributed by atoms with van der Waals surface area (Å²) < 4.78 is 15.0. The molecule has 0 aliphatic rings. The second-order valence-corrected chi connectivity index (χ2v) is 6.05. The fourth-order valence-corrected chi connectivity index (χ4v) is 2.34. The van der Waals surface area contributed by atoms with Crippen LogP contribution < -0.4 is 10.1 Å². The third-order valence-corrected chi connectivity index (χ3v) is 3.91. The molecule has 1 amide bonds. The molecule has 2 aromatic rings. The molecule has 0 fully saturated rings. The first-order valence-electron chi connectivity index (χ1n) is 9.06. The van der Waals surface area contributed by atoms with Gasteiger partial charge in [-0.2, -0.15) is 0 Å². The van der Waals surface area contributed by atoms with E-state index in [-0.39, 0.29) is 17.1 Å². The first-order chi connectivity index (χ1) is 14.0. The highest BCUT2D eigenvalue weighted by Crippen LogP contribution is 2.29. The molecule has 0 saturated carbocycles. The third kappa shape index (κ3) is 6.24. The number of amides is 1. The molecule has 154 valence electrons. The van der Waals surface area contributed by atoms with E-state index < -0.39 is 24.5 Å². The maximum absolute atomic E-state index is 12.0. The highest BCUT2D eigenvalue weighted by molar-refractivity contribution is 5.97. The lowest BCUT2D eigenvalue weighted by molar-refractivity contribution is -0.119. The van der Waals surface area contributed by atoms with Gasteiger partial charge in [-0.25, -0.2) is 9.59 Å². The highest BCUT2D eigenvalue weighted by atomic mass is 16.5. The Bertz CT molecular complexity index is 862. The standard InChI is InChI=1S/C21H23NO7/c1-3-4-12-28-20(25)14-8-10-15(11-9-14)22-18(23)13-29-21(26)16-6-5-7-17(27-2)19(16)24/h5-11,24H,3-4,12-13H2,1-2H3,(H,22,23). The van der Waals surface area contributed by atoms with Crippen LogP contribution in [0, 0.1) is 0 Å². The molecule has 8 heteroatoms. The van der Waals surface area contributed by atoms with Gasteiger partial charge < -0.3 is 24.6 Å². The summed E-state index contributed by atoms with van der Waals surface area (Å²) in [6.07, 6.45) is 1.73. The summed E-state index contributed by atoms with van der Waals surface area (Å²) >= 11 is 0. The van der Waals surface area contributed by atoms with Gasteiger partial charge in [-0.3, -0.25) is 4.79 Å². The second kappa shape index (κ2) is 10.7. The molecule has 0 spiro atoms. The van der Waals surface area contributed by atoms with Gasteiger partial charge >= 0.3 is 11.9 Å². The zero-order valence-corrected chi connectivity index (χ0v) is 16.3. The number of hydrogen-bond acceptors (Lipinski definition) is 7. The average Bonchev–Trinajstić information content (AvgIpc) is 2.73. The van der Waals surface area contributed by atoms with Crippen LogP contribution in [0.25, 0.3) is 0 Å². The van der Waals surface area contributed by atoms with E-state index in [1.165, 1.54) is 37.4 Å². The smallest absolute Gasteiger partial charge is 0.342 e. The molecule has 8 nitrogen and oxygen atoms in total. The first-order valence-corrected chi connectivity index (χ1v) is 9.06. The molecule has 0 unspecified atom stereocenters. The summed E-state index contributed by atoms with van der Waals surface area (Å²) in [6, 6.07) is 10.5. The van der Waals surface area contributed by atoms with Gasteiger partial charge in [0, 0.05) is 5.69 Å². The van der Waals surface area contributed by atoms with Crippen molar-refractivity contribution in [3.05, 3.63) is 53.6 Å². The lowest BCUT2D eigenvalue weighted by Crippen LogP contribution is -2.21. The summed E-state index contributed by atoms with van der Waals surface area (Å²) in [7, 11) is 1.35. The molecule has 2 aromatic carbocycles. The maximum atomic E-state index is 12.0. The number of rotatable bonds is 9. The molecule has 0 saturated heterocycles. The Morgan fingerprint density at radius 2 is 1.72 bits per heavy atom. The molecule has 0 atom stereocenters. The summed E-state index contributed by atoms with van der Waals surface area (Å²) in [5.74, 6) is -2.09. The number of methoxy groups -OCH3 is 1. The van der Waals surface area contributed by atoms with Gasteiger partial charge in [0.1, 0.15) is 5.56 Å². The number of carbonyl (C=O) groups excluding carboxylic acids is 3. The Hall–Kier alpha value is -3.55. The Morgan fingerprint density at radius 3 is 2.38 bits per heavy atom. The molecule has 2 N–H and O–H groups in total. The largest absolute Gasteiger partial charge is 0.504 e. The minimum absolute atomic E-state index is 0.108. The number of hydrogen-bond donors (Lipinski definition) is 2. The monoisotopic (exact) mass is 401 g/mol. The van der Waals surface area contributed by atoms with Crippen molar-refractivity contribution >= 4 is 23.5 Å².